The molecule has 0 fully saturated rings. The third-order valence-corrected chi connectivity index (χ3v) is 2.48. The Kier molecular flexibility index (Phi) is 5.12. The SMILES string of the molecule is CCNC(=O)CCNc1cc(C)nc(C)c1C#N. The molecule has 1 aromatic heterocycles. The summed E-state index contributed by atoms with van der Waals surface area (Å²) in [6.07, 6.45) is 0.388. The summed E-state index contributed by atoms with van der Waals surface area (Å²) >= 11 is 0. The first-order valence-corrected chi connectivity index (χ1v) is 5.97. The normalized spacial score (nSPS) is 9.67. The van der Waals surface area contributed by atoms with Gasteiger partial charge in [-0.2, -0.15) is 5.26 Å². The van der Waals surface area contributed by atoms with Crippen molar-refractivity contribution in [2.45, 2.75) is 27.2 Å². The average molecular weight is 246 g/mol. The molecule has 1 amide bonds. The molecule has 0 saturated carbocycles. The van der Waals surface area contributed by atoms with E-state index in [1.54, 1.807) is 6.92 Å². The standard InChI is InChI=1S/C13H18N4O/c1-4-15-13(18)5-6-16-12-7-9(2)17-10(3)11(12)8-14/h7H,4-6H2,1-3H3,(H,15,18)(H,16,17). The fourth-order valence-corrected chi connectivity index (χ4v) is 1.71. The number of carbonyl (C=O) groups is 1. The highest BCUT2D eigenvalue weighted by atomic mass is 16.1. The maximum Gasteiger partial charge on any atom is 0.221 e. The summed E-state index contributed by atoms with van der Waals surface area (Å²) in [5, 5.41) is 14.9. The van der Waals surface area contributed by atoms with Crippen LogP contribution in [-0.4, -0.2) is 24.0 Å². The van der Waals surface area contributed by atoms with Crippen LogP contribution in [-0.2, 0) is 4.79 Å². The highest BCUT2D eigenvalue weighted by Crippen LogP contribution is 2.18. The summed E-state index contributed by atoms with van der Waals surface area (Å²) < 4.78 is 0. The van der Waals surface area contributed by atoms with E-state index in [1.165, 1.54) is 0 Å². The molecule has 0 spiro atoms. The topological polar surface area (TPSA) is 77.8 Å². The van der Waals surface area contributed by atoms with Gasteiger partial charge >= 0.3 is 0 Å². The quantitative estimate of drug-likeness (QED) is 0.825. The van der Waals surface area contributed by atoms with Gasteiger partial charge in [0.05, 0.1) is 16.9 Å². The lowest BCUT2D eigenvalue weighted by molar-refractivity contribution is -0.120. The van der Waals surface area contributed by atoms with E-state index in [4.69, 9.17) is 5.26 Å². The Morgan fingerprint density at radius 3 is 2.83 bits per heavy atom. The van der Waals surface area contributed by atoms with Gasteiger partial charge in [-0.1, -0.05) is 0 Å². The van der Waals surface area contributed by atoms with Gasteiger partial charge in [0.1, 0.15) is 6.07 Å². The third-order valence-electron chi connectivity index (χ3n) is 2.48. The van der Waals surface area contributed by atoms with Crippen LogP contribution >= 0.6 is 0 Å². The molecule has 0 saturated heterocycles. The zero-order valence-electron chi connectivity index (χ0n) is 11.0. The van der Waals surface area contributed by atoms with Crippen molar-refractivity contribution < 1.29 is 4.79 Å². The molecular formula is C13H18N4O. The first-order valence-electron chi connectivity index (χ1n) is 5.97. The number of rotatable bonds is 5. The van der Waals surface area contributed by atoms with Gasteiger partial charge < -0.3 is 10.6 Å². The Hall–Kier alpha value is -2.09. The Balaban J connectivity index is 2.68. The van der Waals surface area contributed by atoms with Gasteiger partial charge in [-0.15, -0.1) is 0 Å². The zero-order valence-corrected chi connectivity index (χ0v) is 11.0. The number of nitrogens with one attached hydrogen (secondary N) is 2. The van der Waals surface area contributed by atoms with Crippen LogP contribution in [0.15, 0.2) is 6.07 Å². The lowest BCUT2D eigenvalue weighted by Crippen LogP contribution is -2.24. The fraction of sp³-hybridized carbons (Fsp3) is 0.462. The summed E-state index contributed by atoms with van der Waals surface area (Å²) in [5.74, 6) is 0.00556. The van der Waals surface area contributed by atoms with Crippen molar-refractivity contribution in [3.63, 3.8) is 0 Å². The minimum Gasteiger partial charge on any atom is -0.383 e. The van der Waals surface area contributed by atoms with Crippen molar-refractivity contribution in [3.8, 4) is 6.07 Å². The Morgan fingerprint density at radius 1 is 1.50 bits per heavy atom. The molecule has 5 nitrogen and oxygen atoms in total. The van der Waals surface area contributed by atoms with Gasteiger partial charge in [0.25, 0.3) is 0 Å². The number of amides is 1. The Bertz CT molecular complexity index is 477. The molecule has 0 aliphatic rings. The minimum absolute atomic E-state index is 0.00556. The second-order valence-electron chi connectivity index (χ2n) is 4.01. The van der Waals surface area contributed by atoms with E-state index in [1.807, 2.05) is 19.9 Å². The molecule has 0 unspecified atom stereocenters. The number of anilines is 1. The van der Waals surface area contributed by atoms with Crippen molar-refractivity contribution in [1.82, 2.24) is 10.3 Å². The predicted octanol–water partition coefficient (Wildman–Crippen LogP) is 1.51. The van der Waals surface area contributed by atoms with Crippen molar-refractivity contribution in [3.05, 3.63) is 23.0 Å². The van der Waals surface area contributed by atoms with Gasteiger partial charge in [-0.3, -0.25) is 9.78 Å². The van der Waals surface area contributed by atoms with E-state index >= 15 is 0 Å². The first-order chi connectivity index (χ1) is 8.58. The van der Waals surface area contributed by atoms with Crippen molar-refractivity contribution >= 4 is 11.6 Å². The summed E-state index contributed by atoms with van der Waals surface area (Å²) in [6, 6.07) is 3.95. The second kappa shape index (κ2) is 6.60. The monoisotopic (exact) mass is 246 g/mol. The summed E-state index contributed by atoms with van der Waals surface area (Å²) in [7, 11) is 0. The molecule has 1 heterocycles. The van der Waals surface area contributed by atoms with Crippen LogP contribution in [0.2, 0.25) is 0 Å². The van der Waals surface area contributed by atoms with Gasteiger partial charge in [-0.05, 0) is 26.8 Å². The molecule has 18 heavy (non-hydrogen) atoms. The number of aryl methyl sites for hydroxylation is 2. The van der Waals surface area contributed by atoms with Gasteiger partial charge in [-0.25, -0.2) is 0 Å². The van der Waals surface area contributed by atoms with Crippen molar-refractivity contribution in [1.29, 1.82) is 5.26 Å². The lowest BCUT2D eigenvalue weighted by atomic mass is 10.1. The van der Waals surface area contributed by atoms with E-state index in [2.05, 4.69) is 21.7 Å². The first kappa shape index (κ1) is 14.0. The smallest absolute Gasteiger partial charge is 0.221 e. The molecule has 0 aliphatic heterocycles. The number of hydrogen-bond donors (Lipinski definition) is 2. The maximum atomic E-state index is 11.3. The maximum absolute atomic E-state index is 11.3. The lowest BCUT2D eigenvalue weighted by Gasteiger charge is -2.10. The van der Waals surface area contributed by atoms with Crippen LogP contribution in [0, 0.1) is 25.2 Å². The summed E-state index contributed by atoms with van der Waals surface area (Å²) in [6.45, 7) is 6.71. The highest BCUT2D eigenvalue weighted by Gasteiger charge is 2.08. The third kappa shape index (κ3) is 3.74. The molecule has 96 valence electrons. The van der Waals surface area contributed by atoms with E-state index in [-0.39, 0.29) is 5.91 Å². The Labute approximate surface area is 107 Å². The van der Waals surface area contributed by atoms with Crippen LogP contribution in [0.1, 0.15) is 30.3 Å². The van der Waals surface area contributed by atoms with Crippen LogP contribution in [0.5, 0.6) is 0 Å². The molecule has 0 radical (unpaired) electrons. The number of hydrogen-bond acceptors (Lipinski definition) is 4. The molecule has 1 rings (SSSR count). The number of nitrogens with zero attached hydrogens (tertiary/aromatic N) is 2. The van der Waals surface area contributed by atoms with Gasteiger partial charge in [0.2, 0.25) is 5.91 Å². The van der Waals surface area contributed by atoms with Crippen LogP contribution in [0.25, 0.3) is 0 Å². The summed E-state index contributed by atoms with van der Waals surface area (Å²) in [5.41, 5.74) is 2.84. The van der Waals surface area contributed by atoms with E-state index < -0.39 is 0 Å². The van der Waals surface area contributed by atoms with Crippen LogP contribution in [0.4, 0.5) is 5.69 Å². The largest absolute Gasteiger partial charge is 0.383 e. The van der Waals surface area contributed by atoms with Crippen molar-refractivity contribution in [2.75, 3.05) is 18.4 Å². The van der Waals surface area contributed by atoms with Crippen LogP contribution in [0.3, 0.4) is 0 Å². The summed E-state index contributed by atoms with van der Waals surface area (Å²) in [4.78, 5) is 15.5. The predicted molar refractivity (Wildman–Crippen MR) is 70.2 cm³/mol. The number of nitriles is 1. The van der Waals surface area contributed by atoms with E-state index in [0.717, 1.165) is 11.4 Å². The molecule has 0 bridgehead atoms. The average Bonchev–Trinajstić information content (AvgIpc) is 2.28. The molecular weight excluding hydrogens is 228 g/mol. The number of aromatic nitrogens is 1. The molecule has 0 atom stereocenters. The van der Waals surface area contributed by atoms with Crippen LogP contribution < -0.4 is 10.6 Å². The van der Waals surface area contributed by atoms with E-state index in [9.17, 15) is 4.79 Å². The molecule has 5 heteroatoms. The Morgan fingerprint density at radius 2 is 2.22 bits per heavy atom. The molecule has 2 N–H and O–H groups in total. The van der Waals surface area contributed by atoms with E-state index in [0.29, 0.717) is 30.8 Å². The zero-order chi connectivity index (χ0) is 13.5. The highest BCUT2D eigenvalue weighted by molar-refractivity contribution is 5.76. The molecule has 0 aliphatic carbocycles. The van der Waals surface area contributed by atoms with Gasteiger partial charge in [0, 0.05) is 25.2 Å². The minimum atomic E-state index is 0.00556. The van der Waals surface area contributed by atoms with Crippen molar-refractivity contribution in [2.24, 2.45) is 0 Å². The molecule has 1 aromatic rings. The fourth-order valence-electron chi connectivity index (χ4n) is 1.71. The second-order valence-corrected chi connectivity index (χ2v) is 4.01. The van der Waals surface area contributed by atoms with Gasteiger partial charge in [0.15, 0.2) is 0 Å². The molecule has 0 aromatic carbocycles. The number of carbonyl (C=O) groups excluding carboxylic acids is 1. The number of pyridine rings is 1.